The van der Waals surface area contributed by atoms with Crippen molar-refractivity contribution in [1.82, 2.24) is 0 Å². The van der Waals surface area contributed by atoms with Crippen LogP contribution in [0.5, 0.6) is 34.5 Å². The van der Waals surface area contributed by atoms with Crippen LogP contribution in [0.3, 0.4) is 0 Å². The number of esters is 10. The van der Waals surface area contributed by atoms with Gasteiger partial charge < -0.3 is 56.8 Å². The predicted octanol–water partition coefficient (Wildman–Crippen LogP) is 6.57. The maximum absolute atomic E-state index is 13.3. The van der Waals surface area contributed by atoms with Crippen molar-refractivity contribution in [3.8, 4) is 34.5 Å². The Morgan fingerprint density at radius 3 is 1.15 bits per heavy atom. The highest BCUT2D eigenvalue weighted by molar-refractivity contribution is 5.93. The van der Waals surface area contributed by atoms with Gasteiger partial charge in [-0.25, -0.2) is 14.4 Å². The third-order valence-electron chi connectivity index (χ3n) is 11.7. The SMILES string of the molecule is C=CC(=O)OCCOC(=O)CCC(=O)OCCc1ccc(OC(=O)c2ccc(OC(=O)C3CCC(C(=O)Oc4ccc(C(=O)Oc5ccc(CCOC(=O)CCC(=O)OCCOC(C)=O)cc5)cc4OC)CC3)c(OC)c2)cc1. The summed E-state index contributed by atoms with van der Waals surface area (Å²) in [5, 5.41) is 0. The van der Waals surface area contributed by atoms with Crippen LogP contribution < -0.4 is 28.4 Å². The third-order valence-corrected chi connectivity index (χ3v) is 11.7. The van der Waals surface area contributed by atoms with Gasteiger partial charge in [-0.15, -0.1) is 0 Å². The molecule has 79 heavy (non-hydrogen) atoms. The van der Waals surface area contributed by atoms with E-state index < -0.39 is 71.5 Å². The Kier molecular flexibility index (Phi) is 24.5. The van der Waals surface area contributed by atoms with Gasteiger partial charge in [0.25, 0.3) is 0 Å². The van der Waals surface area contributed by atoms with Gasteiger partial charge in [0, 0.05) is 25.8 Å². The average Bonchev–Trinajstić information content (AvgIpc) is 3.45. The molecule has 0 heterocycles. The molecule has 22 nitrogen and oxygen atoms in total. The van der Waals surface area contributed by atoms with Gasteiger partial charge in [0.15, 0.2) is 23.0 Å². The second-order valence-corrected chi connectivity index (χ2v) is 17.3. The first kappa shape index (κ1) is 60.8. The molecule has 0 radical (unpaired) electrons. The van der Waals surface area contributed by atoms with Crippen LogP contribution in [0, 0.1) is 11.8 Å². The van der Waals surface area contributed by atoms with Gasteiger partial charge in [-0.2, -0.15) is 0 Å². The molecule has 4 aromatic rings. The molecule has 420 valence electrons. The zero-order valence-electron chi connectivity index (χ0n) is 43.8. The molecule has 4 aromatic carbocycles. The summed E-state index contributed by atoms with van der Waals surface area (Å²) in [6.45, 7) is 4.12. The number of methoxy groups -OCH3 is 2. The Bertz CT molecular complexity index is 2790. The quantitative estimate of drug-likeness (QED) is 0.0183. The summed E-state index contributed by atoms with van der Waals surface area (Å²) in [6, 6.07) is 21.5. The predicted molar refractivity (Wildman–Crippen MR) is 273 cm³/mol. The Morgan fingerprint density at radius 1 is 0.443 bits per heavy atom. The van der Waals surface area contributed by atoms with Gasteiger partial charge in [-0.05, 0) is 97.5 Å². The topological polar surface area (TPSA) is 281 Å². The summed E-state index contributed by atoms with van der Waals surface area (Å²) in [5.74, 6) is -6.29. The molecular formula is C57H60O22. The second-order valence-electron chi connectivity index (χ2n) is 17.3. The summed E-state index contributed by atoms with van der Waals surface area (Å²) in [4.78, 5) is 122. The van der Waals surface area contributed by atoms with Gasteiger partial charge in [-0.1, -0.05) is 30.8 Å². The zero-order chi connectivity index (χ0) is 57.1. The minimum absolute atomic E-state index is 0.0414. The summed E-state index contributed by atoms with van der Waals surface area (Å²) in [7, 11) is 2.71. The third kappa shape index (κ3) is 21.1. The van der Waals surface area contributed by atoms with Crippen molar-refractivity contribution in [2.24, 2.45) is 11.8 Å². The summed E-state index contributed by atoms with van der Waals surface area (Å²) in [6.07, 6.45) is 2.24. The molecule has 1 aliphatic rings. The number of ether oxygens (including phenoxy) is 12. The molecule has 0 aliphatic heterocycles. The van der Waals surface area contributed by atoms with Gasteiger partial charge in [0.1, 0.15) is 37.9 Å². The van der Waals surface area contributed by atoms with Crippen molar-refractivity contribution in [1.29, 1.82) is 0 Å². The van der Waals surface area contributed by atoms with Crippen molar-refractivity contribution in [2.75, 3.05) is 53.9 Å². The molecular weight excluding hydrogens is 1040 g/mol. The maximum atomic E-state index is 13.3. The molecule has 1 aliphatic carbocycles. The normalized spacial score (nSPS) is 13.5. The van der Waals surface area contributed by atoms with E-state index in [1.807, 2.05) is 0 Å². The van der Waals surface area contributed by atoms with Crippen LogP contribution >= 0.6 is 0 Å². The van der Waals surface area contributed by atoms with E-state index in [1.165, 1.54) is 57.5 Å². The first-order valence-electron chi connectivity index (χ1n) is 25.0. The molecule has 0 atom stereocenters. The van der Waals surface area contributed by atoms with Crippen LogP contribution in [0.2, 0.25) is 0 Å². The Hall–Kier alpha value is -9.08. The van der Waals surface area contributed by atoms with Crippen LogP contribution in [0.4, 0.5) is 0 Å². The van der Waals surface area contributed by atoms with Crippen molar-refractivity contribution in [3.63, 3.8) is 0 Å². The number of benzene rings is 4. The first-order valence-corrected chi connectivity index (χ1v) is 25.0. The number of hydrogen-bond acceptors (Lipinski definition) is 22. The number of rotatable bonds is 29. The van der Waals surface area contributed by atoms with E-state index in [0.717, 1.165) is 17.2 Å². The van der Waals surface area contributed by atoms with Gasteiger partial charge in [-0.3, -0.25) is 33.6 Å². The summed E-state index contributed by atoms with van der Waals surface area (Å²) >= 11 is 0. The Labute approximate surface area is 454 Å². The molecule has 0 saturated heterocycles. The summed E-state index contributed by atoms with van der Waals surface area (Å²) in [5.41, 5.74) is 1.80. The van der Waals surface area contributed by atoms with E-state index in [-0.39, 0.29) is 111 Å². The van der Waals surface area contributed by atoms with E-state index in [9.17, 15) is 47.9 Å². The lowest BCUT2D eigenvalue weighted by atomic mass is 9.82. The maximum Gasteiger partial charge on any atom is 0.343 e. The van der Waals surface area contributed by atoms with Gasteiger partial charge >= 0.3 is 59.7 Å². The number of hydrogen-bond donors (Lipinski definition) is 0. The molecule has 0 spiro atoms. The Morgan fingerprint density at radius 2 is 0.797 bits per heavy atom. The molecule has 0 bridgehead atoms. The molecule has 5 rings (SSSR count). The van der Waals surface area contributed by atoms with Crippen molar-refractivity contribution >= 4 is 59.7 Å². The molecule has 0 aromatic heterocycles. The monoisotopic (exact) mass is 1100 g/mol. The number of carbonyl (C=O) groups excluding carboxylic acids is 10. The molecule has 0 amide bonds. The highest BCUT2D eigenvalue weighted by Crippen LogP contribution is 2.36. The fraction of sp³-hybridized carbons (Fsp3) is 0.368. The van der Waals surface area contributed by atoms with Crippen LogP contribution in [-0.4, -0.2) is 114 Å². The second kappa shape index (κ2) is 31.8. The molecule has 0 N–H and O–H groups in total. The summed E-state index contributed by atoms with van der Waals surface area (Å²) < 4.78 is 62.8. The lowest BCUT2D eigenvalue weighted by molar-refractivity contribution is -0.153. The highest BCUT2D eigenvalue weighted by Gasteiger charge is 2.33. The fourth-order valence-corrected chi connectivity index (χ4v) is 7.45. The van der Waals surface area contributed by atoms with Crippen molar-refractivity contribution < 1.29 is 105 Å². The van der Waals surface area contributed by atoms with Gasteiger partial charge in [0.05, 0.1) is 76.1 Å². The Balaban J connectivity index is 0.992. The molecule has 1 saturated carbocycles. The first-order chi connectivity index (χ1) is 38.0. The van der Waals surface area contributed by atoms with Gasteiger partial charge in [0.2, 0.25) is 0 Å². The van der Waals surface area contributed by atoms with E-state index in [1.54, 1.807) is 48.5 Å². The molecule has 22 heteroatoms. The molecule has 1 fully saturated rings. The van der Waals surface area contributed by atoms with Crippen LogP contribution in [-0.2, 0) is 79.6 Å². The highest BCUT2D eigenvalue weighted by atomic mass is 16.6. The fourth-order valence-electron chi connectivity index (χ4n) is 7.45. The largest absolute Gasteiger partial charge is 0.493 e. The van der Waals surface area contributed by atoms with E-state index in [2.05, 4.69) is 11.3 Å². The van der Waals surface area contributed by atoms with Crippen LogP contribution in [0.15, 0.2) is 97.6 Å². The molecule has 0 unspecified atom stereocenters. The lowest BCUT2D eigenvalue weighted by Gasteiger charge is -2.26. The van der Waals surface area contributed by atoms with E-state index in [4.69, 9.17) is 52.1 Å². The lowest BCUT2D eigenvalue weighted by Crippen LogP contribution is -2.30. The van der Waals surface area contributed by atoms with Crippen molar-refractivity contribution in [2.45, 2.75) is 71.1 Å². The van der Waals surface area contributed by atoms with Crippen LogP contribution in [0.25, 0.3) is 0 Å². The van der Waals surface area contributed by atoms with E-state index in [0.29, 0.717) is 38.5 Å². The van der Waals surface area contributed by atoms with Crippen molar-refractivity contribution in [3.05, 3.63) is 120 Å². The number of carbonyl (C=O) groups is 10. The minimum Gasteiger partial charge on any atom is -0.493 e. The van der Waals surface area contributed by atoms with E-state index >= 15 is 0 Å². The standard InChI is InChI=1S/C57H60O22/c1-5-49(59)73-32-33-75-53(63)25-23-51(61)72-29-27-38-8-18-44(19-9-38)77-57(67)42-15-21-46(48(35-42)69-4)79-55(65)40-12-10-39(11-13-40)54(64)78-45-20-14-41(34-47(45)68-3)56(66)76-43-16-6-37(7-17-43)26-28-71-50(60)22-24-52(62)74-31-30-70-36(2)58/h5-9,14-21,34-35,39-40H,1,10-13,22-33H2,2-4H3. The minimum atomic E-state index is -0.708. The smallest absolute Gasteiger partial charge is 0.343 e. The zero-order valence-corrected chi connectivity index (χ0v) is 43.8. The average molecular weight is 1100 g/mol. The van der Waals surface area contributed by atoms with Crippen LogP contribution in [0.1, 0.15) is 90.1 Å².